The molecule has 0 saturated carbocycles. The monoisotopic (exact) mass is 490 g/mol. The maximum Gasteiger partial charge on any atom is 0.244 e. The lowest BCUT2D eigenvalue weighted by Gasteiger charge is -2.16. The van der Waals surface area contributed by atoms with Crippen molar-refractivity contribution in [3.05, 3.63) is 94.3 Å². The molecule has 180 valence electrons. The Hall–Kier alpha value is -3.91. The minimum Gasteiger partial charge on any atom is -0.494 e. The highest BCUT2D eigenvalue weighted by Crippen LogP contribution is 2.24. The van der Waals surface area contributed by atoms with Crippen molar-refractivity contribution in [3.8, 4) is 5.75 Å². The number of fused-ring (bicyclic) bond motifs is 1. The summed E-state index contributed by atoms with van der Waals surface area (Å²) in [6.45, 7) is 5.84. The van der Waals surface area contributed by atoms with Crippen molar-refractivity contribution in [2.24, 2.45) is 0 Å². The van der Waals surface area contributed by atoms with Gasteiger partial charge in [0.05, 0.1) is 22.4 Å². The molecule has 3 aromatic carbocycles. The molecule has 8 heteroatoms. The van der Waals surface area contributed by atoms with Crippen molar-refractivity contribution in [2.75, 3.05) is 11.9 Å². The summed E-state index contributed by atoms with van der Waals surface area (Å²) in [5, 5.41) is 3.05. The number of amides is 1. The highest BCUT2D eigenvalue weighted by atomic mass is 32.2. The van der Waals surface area contributed by atoms with E-state index in [0.29, 0.717) is 23.6 Å². The van der Waals surface area contributed by atoms with E-state index in [2.05, 4.69) is 5.32 Å². The summed E-state index contributed by atoms with van der Waals surface area (Å²) in [5.41, 5.74) is 2.37. The van der Waals surface area contributed by atoms with Gasteiger partial charge in [-0.2, -0.15) is 0 Å². The van der Waals surface area contributed by atoms with E-state index in [1.54, 1.807) is 30.3 Å². The van der Waals surface area contributed by atoms with E-state index in [-0.39, 0.29) is 22.7 Å². The van der Waals surface area contributed by atoms with Crippen molar-refractivity contribution in [3.63, 3.8) is 0 Å². The first-order valence-electron chi connectivity index (χ1n) is 11.2. The third-order valence-corrected chi connectivity index (χ3v) is 7.42. The van der Waals surface area contributed by atoms with Crippen molar-refractivity contribution >= 4 is 32.3 Å². The lowest BCUT2D eigenvalue weighted by Crippen LogP contribution is -2.24. The van der Waals surface area contributed by atoms with Crippen LogP contribution >= 0.6 is 0 Å². The molecule has 0 unspecified atom stereocenters. The number of ether oxygens (including phenoxy) is 1. The van der Waals surface area contributed by atoms with Gasteiger partial charge in [0.25, 0.3) is 0 Å². The van der Waals surface area contributed by atoms with E-state index in [0.717, 1.165) is 11.1 Å². The maximum atomic E-state index is 13.4. The van der Waals surface area contributed by atoms with Gasteiger partial charge in [-0.15, -0.1) is 0 Å². The van der Waals surface area contributed by atoms with Gasteiger partial charge in [-0.1, -0.05) is 30.3 Å². The number of anilines is 1. The third-order valence-electron chi connectivity index (χ3n) is 5.65. The molecule has 0 aliphatic heterocycles. The fourth-order valence-corrected chi connectivity index (χ4v) is 5.26. The van der Waals surface area contributed by atoms with Gasteiger partial charge >= 0.3 is 0 Å². The molecule has 0 radical (unpaired) electrons. The Balaban J connectivity index is 1.84. The fourth-order valence-electron chi connectivity index (χ4n) is 3.87. The second-order valence-corrected chi connectivity index (χ2v) is 10.2. The normalized spacial score (nSPS) is 11.4. The number of sulfone groups is 1. The zero-order valence-electron chi connectivity index (χ0n) is 19.7. The molecule has 0 aliphatic carbocycles. The SMILES string of the molecule is CCOc1ccc2c(c1)c(=O)c(S(=O)(=O)c1ccccc1)cn2CC(=O)Nc1cc(C)ccc1C. The number of hydrogen-bond donors (Lipinski definition) is 1. The molecule has 1 N–H and O–H groups in total. The van der Waals surface area contributed by atoms with Gasteiger partial charge in [0.1, 0.15) is 17.2 Å². The number of hydrogen-bond acceptors (Lipinski definition) is 5. The van der Waals surface area contributed by atoms with Crippen LogP contribution in [-0.2, 0) is 21.2 Å². The largest absolute Gasteiger partial charge is 0.494 e. The first-order chi connectivity index (χ1) is 16.7. The van der Waals surface area contributed by atoms with Crippen molar-refractivity contribution in [2.45, 2.75) is 37.1 Å². The van der Waals surface area contributed by atoms with Crippen LogP contribution in [0.1, 0.15) is 18.1 Å². The number of pyridine rings is 1. The molecule has 0 saturated heterocycles. The number of aryl methyl sites for hydroxylation is 2. The molecular weight excluding hydrogens is 464 g/mol. The summed E-state index contributed by atoms with van der Waals surface area (Å²) in [6, 6.07) is 18.4. The van der Waals surface area contributed by atoms with Gasteiger partial charge in [-0.3, -0.25) is 9.59 Å². The van der Waals surface area contributed by atoms with Crippen LogP contribution in [0.5, 0.6) is 5.75 Å². The Bertz CT molecular complexity index is 1570. The summed E-state index contributed by atoms with van der Waals surface area (Å²) in [6.07, 6.45) is 1.25. The average molecular weight is 491 g/mol. The van der Waals surface area contributed by atoms with Gasteiger partial charge < -0.3 is 14.6 Å². The Morgan fingerprint density at radius 3 is 2.46 bits per heavy atom. The minimum atomic E-state index is -4.12. The van der Waals surface area contributed by atoms with Crippen LogP contribution in [0.15, 0.2) is 87.5 Å². The van der Waals surface area contributed by atoms with E-state index in [1.165, 1.54) is 29.0 Å². The zero-order valence-corrected chi connectivity index (χ0v) is 20.6. The van der Waals surface area contributed by atoms with Crippen LogP contribution in [0.4, 0.5) is 5.69 Å². The number of benzene rings is 3. The van der Waals surface area contributed by atoms with E-state index < -0.39 is 20.2 Å². The first-order valence-corrected chi connectivity index (χ1v) is 12.7. The molecule has 4 aromatic rings. The zero-order chi connectivity index (χ0) is 25.2. The molecule has 1 aromatic heterocycles. The van der Waals surface area contributed by atoms with Gasteiger partial charge in [0.2, 0.25) is 21.2 Å². The molecule has 0 atom stereocenters. The van der Waals surface area contributed by atoms with Gasteiger partial charge in [0.15, 0.2) is 0 Å². The summed E-state index contributed by atoms with van der Waals surface area (Å²) < 4.78 is 33.8. The molecule has 35 heavy (non-hydrogen) atoms. The first kappa shape index (κ1) is 24.2. The predicted octanol–water partition coefficient (Wildman–Crippen LogP) is 4.49. The van der Waals surface area contributed by atoms with E-state index in [4.69, 9.17) is 4.74 Å². The van der Waals surface area contributed by atoms with Crippen LogP contribution in [-0.4, -0.2) is 25.5 Å². The highest BCUT2D eigenvalue weighted by Gasteiger charge is 2.24. The summed E-state index contributed by atoms with van der Waals surface area (Å²) >= 11 is 0. The summed E-state index contributed by atoms with van der Waals surface area (Å²) in [5.74, 6) is 0.0957. The number of rotatable bonds is 7. The van der Waals surface area contributed by atoms with Gasteiger partial charge in [-0.25, -0.2) is 8.42 Å². The molecule has 1 heterocycles. The number of nitrogens with one attached hydrogen (secondary N) is 1. The highest BCUT2D eigenvalue weighted by molar-refractivity contribution is 7.91. The lowest BCUT2D eigenvalue weighted by atomic mass is 10.1. The Kier molecular flexibility index (Phi) is 6.75. The summed E-state index contributed by atoms with van der Waals surface area (Å²) in [7, 11) is -4.12. The average Bonchev–Trinajstić information content (AvgIpc) is 2.84. The molecular formula is C27H26N2O5S. The van der Waals surface area contributed by atoms with Crippen LogP contribution in [0.2, 0.25) is 0 Å². The summed E-state index contributed by atoms with van der Waals surface area (Å²) in [4.78, 5) is 26.0. The molecule has 7 nitrogen and oxygen atoms in total. The Labute approximate surface area is 203 Å². The molecule has 1 amide bonds. The van der Waals surface area contributed by atoms with Gasteiger partial charge in [0, 0.05) is 11.9 Å². The lowest BCUT2D eigenvalue weighted by molar-refractivity contribution is -0.116. The standard InChI is InChI=1S/C27H26N2O5S/c1-4-34-20-12-13-24-22(15-20)27(31)25(35(32,33)21-8-6-5-7-9-21)16-29(24)17-26(30)28-23-14-18(2)10-11-19(23)3/h5-16H,4,17H2,1-3H3,(H,28,30). The molecule has 0 aliphatic rings. The second-order valence-electron chi connectivity index (χ2n) is 8.25. The fraction of sp³-hybridized carbons (Fsp3) is 0.185. The van der Waals surface area contributed by atoms with Crippen LogP contribution in [0, 0.1) is 13.8 Å². The predicted molar refractivity (Wildman–Crippen MR) is 136 cm³/mol. The Morgan fingerprint density at radius 1 is 1.00 bits per heavy atom. The van der Waals surface area contributed by atoms with E-state index in [9.17, 15) is 18.0 Å². The quantitative estimate of drug-likeness (QED) is 0.412. The molecule has 0 fully saturated rings. The smallest absolute Gasteiger partial charge is 0.244 e. The van der Waals surface area contributed by atoms with E-state index in [1.807, 2.05) is 39.0 Å². The van der Waals surface area contributed by atoms with E-state index >= 15 is 0 Å². The van der Waals surface area contributed by atoms with Gasteiger partial charge in [-0.05, 0) is 68.3 Å². The molecule has 4 rings (SSSR count). The second kappa shape index (κ2) is 9.76. The molecule has 0 bridgehead atoms. The van der Waals surface area contributed by atoms with Crippen molar-refractivity contribution < 1.29 is 17.9 Å². The maximum absolute atomic E-state index is 13.4. The van der Waals surface area contributed by atoms with Crippen molar-refractivity contribution in [1.29, 1.82) is 0 Å². The molecule has 0 spiro atoms. The third kappa shape index (κ3) is 4.97. The Morgan fingerprint density at radius 2 is 1.74 bits per heavy atom. The van der Waals surface area contributed by atoms with Crippen LogP contribution in [0.3, 0.4) is 0 Å². The number of aromatic nitrogens is 1. The number of nitrogens with zero attached hydrogens (tertiary/aromatic N) is 1. The van der Waals surface area contributed by atoms with Crippen LogP contribution in [0.25, 0.3) is 10.9 Å². The minimum absolute atomic E-state index is 0.00352. The van der Waals surface area contributed by atoms with Crippen LogP contribution < -0.4 is 15.5 Å². The number of carbonyl (C=O) groups excluding carboxylic acids is 1. The van der Waals surface area contributed by atoms with Crippen molar-refractivity contribution in [1.82, 2.24) is 4.57 Å². The topological polar surface area (TPSA) is 94.5 Å². The number of carbonyl (C=O) groups is 1.